The van der Waals surface area contributed by atoms with Crippen LogP contribution in [0.2, 0.25) is 5.02 Å². The van der Waals surface area contributed by atoms with E-state index in [1.807, 2.05) is 41.8 Å². The molecule has 0 spiro atoms. The number of halogens is 2. The number of thiophene rings is 1. The molecule has 4 rings (SSSR count). The molecule has 0 radical (unpaired) electrons. The van der Waals surface area contributed by atoms with Gasteiger partial charge in [-0.3, -0.25) is 4.79 Å². The molecule has 2 aromatic heterocycles. The van der Waals surface area contributed by atoms with Gasteiger partial charge in [0.15, 0.2) is 0 Å². The van der Waals surface area contributed by atoms with Gasteiger partial charge in [0, 0.05) is 15.4 Å². The molecule has 0 aliphatic heterocycles. The van der Waals surface area contributed by atoms with Crippen LogP contribution in [0.25, 0.3) is 21.3 Å². The van der Waals surface area contributed by atoms with Crippen LogP contribution in [0.1, 0.15) is 5.82 Å². The molecule has 4 nitrogen and oxygen atoms in total. The van der Waals surface area contributed by atoms with Crippen LogP contribution < -0.4 is 10.3 Å². The molecule has 0 saturated heterocycles. The Balaban J connectivity index is 1.65. The molecule has 0 aliphatic rings. The quantitative estimate of drug-likeness (QED) is 0.440. The zero-order valence-corrected chi connectivity index (χ0v) is 16.5. The summed E-state index contributed by atoms with van der Waals surface area (Å²) in [6.07, 6.45) is 0. The van der Waals surface area contributed by atoms with Crippen molar-refractivity contribution in [2.45, 2.75) is 6.61 Å². The van der Waals surface area contributed by atoms with Crippen LogP contribution in [0.15, 0.2) is 63.2 Å². The van der Waals surface area contributed by atoms with Crippen molar-refractivity contribution >= 4 is 49.1 Å². The standard InChI is InChI=1S/C19H12BrClN2O2S/c20-12-6-7-15(14(21)8-12)25-9-16-22-18(24)17-13(10-26-19(17)23-16)11-4-2-1-3-5-11/h1-8,10H,9H2,(H,22,23,24). The lowest BCUT2D eigenvalue weighted by molar-refractivity contribution is 0.296. The van der Waals surface area contributed by atoms with Crippen molar-refractivity contribution in [1.82, 2.24) is 9.97 Å². The van der Waals surface area contributed by atoms with Gasteiger partial charge in [0.1, 0.15) is 23.0 Å². The summed E-state index contributed by atoms with van der Waals surface area (Å²) in [4.78, 5) is 20.6. The minimum absolute atomic E-state index is 0.130. The van der Waals surface area contributed by atoms with Gasteiger partial charge in [0.05, 0.1) is 10.4 Å². The van der Waals surface area contributed by atoms with Gasteiger partial charge in [-0.25, -0.2) is 4.98 Å². The SMILES string of the molecule is O=c1[nH]c(COc2ccc(Br)cc2Cl)nc2scc(-c3ccccc3)c12. The Labute approximate surface area is 166 Å². The fourth-order valence-corrected chi connectivity index (χ4v) is 4.33. The van der Waals surface area contributed by atoms with E-state index in [-0.39, 0.29) is 12.2 Å². The summed E-state index contributed by atoms with van der Waals surface area (Å²) in [5, 5.41) is 3.05. The second kappa shape index (κ2) is 7.23. The molecule has 4 aromatic rings. The highest BCUT2D eigenvalue weighted by Gasteiger charge is 2.13. The number of aromatic nitrogens is 2. The maximum Gasteiger partial charge on any atom is 0.260 e. The summed E-state index contributed by atoms with van der Waals surface area (Å²) in [6.45, 7) is 0.130. The Hall–Kier alpha value is -2.15. The number of hydrogen-bond acceptors (Lipinski definition) is 4. The van der Waals surface area contributed by atoms with Crippen molar-refractivity contribution in [3.8, 4) is 16.9 Å². The van der Waals surface area contributed by atoms with Gasteiger partial charge in [0.25, 0.3) is 5.56 Å². The van der Waals surface area contributed by atoms with Crippen molar-refractivity contribution in [1.29, 1.82) is 0 Å². The van der Waals surface area contributed by atoms with E-state index in [0.717, 1.165) is 15.6 Å². The second-order valence-electron chi connectivity index (χ2n) is 5.57. The van der Waals surface area contributed by atoms with Crippen LogP contribution in [0.3, 0.4) is 0 Å². The highest BCUT2D eigenvalue weighted by atomic mass is 79.9. The molecule has 0 fully saturated rings. The zero-order valence-electron chi connectivity index (χ0n) is 13.3. The van der Waals surface area contributed by atoms with Crippen molar-refractivity contribution in [3.05, 3.63) is 79.6 Å². The molecule has 26 heavy (non-hydrogen) atoms. The number of rotatable bonds is 4. The molecule has 1 N–H and O–H groups in total. The van der Waals surface area contributed by atoms with E-state index in [1.165, 1.54) is 11.3 Å². The zero-order chi connectivity index (χ0) is 18.1. The molecule has 0 saturated carbocycles. The number of ether oxygens (including phenoxy) is 1. The lowest BCUT2D eigenvalue weighted by Gasteiger charge is -2.08. The number of benzene rings is 2. The first-order valence-electron chi connectivity index (χ1n) is 7.75. The van der Waals surface area contributed by atoms with Crippen molar-refractivity contribution in [3.63, 3.8) is 0 Å². The van der Waals surface area contributed by atoms with E-state index in [2.05, 4.69) is 25.9 Å². The topological polar surface area (TPSA) is 55.0 Å². The van der Waals surface area contributed by atoms with Gasteiger partial charge in [-0.2, -0.15) is 0 Å². The van der Waals surface area contributed by atoms with E-state index in [1.54, 1.807) is 12.1 Å². The lowest BCUT2D eigenvalue weighted by Crippen LogP contribution is -2.13. The van der Waals surface area contributed by atoms with E-state index >= 15 is 0 Å². The molecule has 0 atom stereocenters. The number of nitrogens with zero attached hydrogens (tertiary/aromatic N) is 1. The summed E-state index contributed by atoms with van der Waals surface area (Å²) in [6, 6.07) is 15.2. The second-order valence-corrected chi connectivity index (χ2v) is 7.75. The van der Waals surface area contributed by atoms with Gasteiger partial charge in [-0.1, -0.05) is 57.9 Å². The minimum Gasteiger partial charge on any atom is -0.484 e. The molecular formula is C19H12BrClN2O2S. The van der Waals surface area contributed by atoms with Gasteiger partial charge >= 0.3 is 0 Å². The van der Waals surface area contributed by atoms with Crippen molar-refractivity contribution < 1.29 is 4.74 Å². The third-order valence-corrected chi connectivity index (χ3v) is 5.50. The van der Waals surface area contributed by atoms with E-state index in [0.29, 0.717) is 26.8 Å². The van der Waals surface area contributed by atoms with Crippen LogP contribution >= 0.6 is 38.9 Å². The average molecular weight is 448 g/mol. The Bertz CT molecular complexity index is 1140. The normalized spacial score (nSPS) is 11.0. The number of H-pyrrole nitrogens is 1. The highest BCUT2D eigenvalue weighted by molar-refractivity contribution is 9.10. The third kappa shape index (κ3) is 3.40. The van der Waals surface area contributed by atoms with Gasteiger partial charge in [0.2, 0.25) is 0 Å². The summed E-state index contributed by atoms with van der Waals surface area (Å²) < 4.78 is 6.56. The maximum absolute atomic E-state index is 12.6. The summed E-state index contributed by atoms with van der Waals surface area (Å²) in [7, 11) is 0. The largest absolute Gasteiger partial charge is 0.484 e. The van der Waals surface area contributed by atoms with Crippen LogP contribution in [-0.2, 0) is 6.61 Å². The molecule has 130 valence electrons. The van der Waals surface area contributed by atoms with Crippen molar-refractivity contribution in [2.75, 3.05) is 0 Å². The first kappa shape index (κ1) is 17.3. The minimum atomic E-state index is -0.171. The number of fused-ring (bicyclic) bond motifs is 1. The van der Waals surface area contributed by atoms with E-state index in [9.17, 15) is 4.79 Å². The number of nitrogens with one attached hydrogen (secondary N) is 1. The first-order valence-corrected chi connectivity index (χ1v) is 9.80. The number of hydrogen-bond donors (Lipinski definition) is 1. The molecular weight excluding hydrogens is 436 g/mol. The maximum atomic E-state index is 12.6. The average Bonchev–Trinajstić information content (AvgIpc) is 3.06. The molecule has 0 unspecified atom stereocenters. The van der Waals surface area contributed by atoms with Crippen LogP contribution in [0.4, 0.5) is 0 Å². The van der Waals surface area contributed by atoms with Crippen LogP contribution in [-0.4, -0.2) is 9.97 Å². The van der Waals surface area contributed by atoms with Gasteiger partial charge < -0.3 is 9.72 Å². The number of aromatic amines is 1. The Morgan fingerprint density at radius 1 is 1.19 bits per heavy atom. The van der Waals surface area contributed by atoms with Crippen molar-refractivity contribution in [2.24, 2.45) is 0 Å². The smallest absolute Gasteiger partial charge is 0.260 e. The van der Waals surface area contributed by atoms with E-state index in [4.69, 9.17) is 16.3 Å². The highest BCUT2D eigenvalue weighted by Crippen LogP contribution is 2.31. The summed E-state index contributed by atoms with van der Waals surface area (Å²) >= 11 is 10.9. The Morgan fingerprint density at radius 3 is 2.77 bits per heavy atom. The molecule has 2 heterocycles. The molecule has 0 aliphatic carbocycles. The Kier molecular flexibility index (Phi) is 4.80. The molecule has 7 heteroatoms. The van der Waals surface area contributed by atoms with Crippen LogP contribution in [0, 0.1) is 0 Å². The molecule has 2 aromatic carbocycles. The summed E-state index contributed by atoms with van der Waals surface area (Å²) in [5.41, 5.74) is 1.72. The fraction of sp³-hybridized carbons (Fsp3) is 0.0526. The fourth-order valence-electron chi connectivity index (χ4n) is 2.63. The van der Waals surface area contributed by atoms with Gasteiger partial charge in [-0.15, -0.1) is 11.3 Å². The lowest BCUT2D eigenvalue weighted by atomic mass is 10.1. The van der Waals surface area contributed by atoms with Gasteiger partial charge in [-0.05, 0) is 23.8 Å². The van der Waals surface area contributed by atoms with E-state index < -0.39 is 0 Å². The predicted octanol–water partition coefficient (Wildman–Crippen LogP) is 5.65. The van der Waals surface area contributed by atoms with Crippen LogP contribution in [0.5, 0.6) is 5.75 Å². The predicted molar refractivity (Wildman–Crippen MR) is 109 cm³/mol. The monoisotopic (exact) mass is 446 g/mol. The molecule has 0 amide bonds. The molecule has 0 bridgehead atoms. The third-order valence-electron chi connectivity index (χ3n) is 3.84. The first-order chi connectivity index (χ1) is 12.6. The Morgan fingerprint density at radius 2 is 2.00 bits per heavy atom. The summed E-state index contributed by atoms with van der Waals surface area (Å²) in [5.74, 6) is 0.997.